The van der Waals surface area contributed by atoms with Crippen molar-refractivity contribution in [1.82, 2.24) is 10.6 Å². The lowest BCUT2D eigenvalue weighted by Gasteiger charge is -2.26. The molecule has 0 unspecified atom stereocenters. The number of benzene rings is 1. The van der Waals surface area contributed by atoms with Crippen LogP contribution in [0.3, 0.4) is 0 Å². The van der Waals surface area contributed by atoms with Crippen molar-refractivity contribution in [2.24, 2.45) is 9.98 Å². The molecule has 0 radical (unpaired) electrons. The van der Waals surface area contributed by atoms with Gasteiger partial charge in [-0.25, -0.2) is 0 Å². The quantitative estimate of drug-likeness (QED) is 0.206. The van der Waals surface area contributed by atoms with Gasteiger partial charge >= 0.3 is 0 Å². The summed E-state index contributed by atoms with van der Waals surface area (Å²) in [4.78, 5) is 10.6. The second-order valence-corrected chi connectivity index (χ2v) is 14.7. The standard InChI is InChI=1S/C34H54N4S2.2BrH/c1-5-17-29(18-6-1)35-33(36-30-19-7-2-8-20-30)39-25-27-15-13-14-16-28(27)26-40-34(37-31-21-9-3-10-22-31)38-32-23-11-4-12-24-32;;/h13-16,29-32H,1-12,17-26H2,(H,35,36)(H,37,38);2*1H. The smallest absolute Gasteiger partial charge is 0.157 e. The lowest BCUT2D eigenvalue weighted by molar-refractivity contribution is 0.410. The topological polar surface area (TPSA) is 48.8 Å². The molecule has 42 heavy (non-hydrogen) atoms. The van der Waals surface area contributed by atoms with Gasteiger partial charge in [0.2, 0.25) is 0 Å². The summed E-state index contributed by atoms with van der Waals surface area (Å²) in [7, 11) is 0. The number of aliphatic imine (C=N–C) groups is 2. The third kappa shape index (κ3) is 12.7. The van der Waals surface area contributed by atoms with E-state index in [1.54, 1.807) is 0 Å². The Morgan fingerprint density at radius 3 is 1.21 bits per heavy atom. The summed E-state index contributed by atoms with van der Waals surface area (Å²) in [6.07, 6.45) is 26.6. The zero-order valence-electron chi connectivity index (χ0n) is 25.7. The second kappa shape index (κ2) is 20.8. The molecule has 238 valence electrons. The summed E-state index contributed by atoms with van der Waals surface area (Å²) in [5.41, 5.74) is 2.91. The van der Waals surface area contributed by atoms with Gasteiger partial charge in [0.25, 0.3) is 0 Å². The van der Waals surface area contributed by atoms with E-state index in [0.29, 0.717) is 24.2 Å². The van der Waals surface area contributed by atoms with Crippen molar-refractivity contribution in [2.45, 2.75) is 164 Å². The molecule has 1 aromatic carbocycles. The molecule has 0 atom stereocenters. The molecule has 4 aliphatic rings. The van der Waals surface area contributed by atoms with Gasteiger partial charge in [0.15, 0.2) is 10.3 Å². The van der Waals surface area contributed by atoms with Gasteiger partial charge in [0, 0.05) is 23.6 Å². The lowest BCUT2D eigenvalue weighted by Crippen LogP contribution is -2.35. The Kier molecular flexibility index (Phi) is 17.9. The molecule has 0 heterocycles. The van der Waals surface area contributed by atoms with Crippen LogP contribution in [0, 0.1) is 0 Å². The highest BCUT2D eigenvalue weighted by molar-refractivity contribution is 8.93. The predicted molar refractivity (Wildman–Crippen MR) is 198 cm³/mol. The van der Waals surface area contributed by atoms with Crippen molar-refractivity contribution in [2.75, 3.05) is 0 Å². The third-order valence-electron chi connectivity index (χ3n) is 9.46. The lowest BCUT2D eigenvalue weighted by atomic mass is 9.95. The van der Waals surface area contributed by atoms with Gasteiger partial charge in [-0.3, -0.25) is 9.98 Å². The number of nitrogens with zero attached hydrogens (tertiary/aromatic N) is 2. The average molecular weight is 745 g/mol. The van der Waals surface area contributed by atoms with Crippen LogP contribution in [0.1, 0.15) is 140 Å². The molecule has 4 saturated carbocycles. The van der Waals surface area contributed by atoms with Gasteiger partial charge < -0.3 is 10.6 Å². The molecule has 1 aromatic rings. The van der Waals surface area contributed by atoms with Crippen LogP contribution >= 0.6 is 57.5 Å². The van der Waals surface area contributed by atoms with Crippen LogP contribution in [-0.2, 0) is 11.5 Å². The first-order chi connectivity index (χ1) is 19.8. The fourth-order valence-corrected chi connectivity index (χ4v) is 9.05. The summed E-state index contributed by atoms with van der Waals surface area (Å²) < 4.78 is 0. The first-order valence-electron chi connectivity index (χ1n) is 16.8. The first-order valence-corrected chi connectivity index (χ1v) is 18.8. The van der Waals surface area contributed by atoms with E-state index in [0.717, 1.165) is 11.5 Å². The zero-order chi connectivity index (χ0) is 27.2. The van der Waals surface area contributed by atoms with Crippen LogP contribution in [0.15, 0.2) is 34.3 Å². The summed E-state index contributed by atoms with van der Waals surface area (Å²) in [6.45, 7) is 0. The van der Waals surface area contributed by atoms with Crippen molar-refractivity contribution < 1.29 is 0 Å². The van der Waals surface area contributed by atoms with Crippen LogP contribution in [0.2, 0.25) is 0 Å². The van der Waals surface area contributed by atoms with E-state index in [1.807, 2.05) is 23.5 Å². The van der Waals surface area contributed by atoms with Crippen LogP contribution in [0.25, 0.3) is 0 Å². The predicted octanol–water partition coefficient (Wildman–Crippen LogP) is 10.5. The zero-order valence-corrected chi connectivity index (χ0v) is 30.8. The summed E-state index contributed by atoms with van der Waals surface area (Å²) in [5.74, 6) is 1.99. The molecular formula is C34H56Br2N4S2. The second-order valence-electron chi connectivity index (χ2n) is 12.8. The number of thioether (sulfide) groups is 2. The van der Waals surface area contributed by atoms with Crippen molar-refractivity contribution in [3.63, 3.8) is 0 Å². The maximum Gasteiger partial charge on any atom is 0.157 e. The molecule has 0 spiro atoms. The highest BCUT2D eigenvalue weighted by Gasteiger charge is 2.20. The van der Waals surface area contributed by atoms with Gasteiger partial charge in [-0.15, -0.1) is 34.0 Å². The van der Waals surface area contributed by atoms with E-state index in [2.05, 4.69) is 34.9 Å². The maximum absolute atomic E-state index is 5.31. The Bertz CT molecular complexity index is 860. The van der Waals surface area contributed by atoms with Crippen LogP contribution < -0.4 is 10.6 Å². The summed E-state index contributed by atoms with van der Waals surface area (Å²) >= 11 is 3.90. The van der Waals surface area contributed by atoms with Crippen LogP contribution in [0.4, 0.5) is 0 Å². The van der Waals surface area contributed by atoms with Gasteiger partial charge in [-0.05, 0) is 62.5 Å². The number of halogens is 2. The monoisotopic (exact) mass is 742 g/mol. The maximum atomic E-state index is 5.31. The minimum Gasteiger partial charge on any atom is -0.362 e. The molecule has 0 aromatic heterocycles. The Labute approximate surface area is 286 Å². The minimum absolute atomic E-state index is 0. The van der Waals surface area contributed by atoms with Gasteiger partial charge in [-0.2, -0.15) is 0 Å². The number of hydrogen-bond acceptors (Lipinski definition) is 4. The number of nitrogens with one attached hydrogen (secondary N) is 2. The van der Waals surface area contributed by atoms with E-state index >= 15 is 0 Å². The van der Waals surface area contributed by atoms with E-state index in [4.69, 9.17) is 9.98 Å². The Balaban J connectivity index is 0.00000242. The molecule has 0 aliphatic heterocycles. The minimum atomic E-state index is 0. The molecule has 4 aliphatic carbocycles. The molecule has 5 rings (SSSR count). The van der Waals surface area contributed by atoms with Crippen molar-refractivity contribution >= 4 is 67.8 Å². The molecule has 2 N–H and O–H groups in total. The largest absolute Gasteiger partial charge is 0.362 e. The number of rotatable bonds is 8. The molecule has 4 fully saturated rings. The normalized spacial score (nSPS) is 22.2. The van der Waals surface area contributed by atoms with Crippen molar-refractivity contribution in [3.05, 3.63) is 35.4 Å². The van der Waals surface area contributed by atoms with Crippen LogP contribution in [-0.4, -0.2) is 34.5 Å². The first kappa shape index (κ1) is 36.3. The Hall–Kier alpha value is -0.180. The molecule has 0 amide bonds. The molecule has 0 saturated heterocycles. The molecule has 8 heteroatoms. The van der Waals surface area contributed by atoms with Gasteiger partial charge in [0.1, 0.15) is 0 Å². The SMILES string of the molecule is Br.Br.c1ccc(CSC(=NC2CCCCC2)NC2CCCCC2)c(CSC(=NC2CCCCC2)NC2CCCCC2)c1. The van der Waals surface area contributed by atoms with E-state index in [1.165, 1.54) is 150 Å². The highest BCUT2D eigenvalue weighted by atomic mass is 79.9. The summed E-state index contributed by atoms with van der Waals surface area (Å²) in [6, 6.07) is 11.4. The van der Waals surface area contributed by atoms with Gasteiger partial charge in [0.05, 0.1) is 12.1 Å². The summed E-state index contributed by atoms with van der Waals surface area (Å²) in [5, 5.41) is 10.2. The number of amidine groups is 2. The fraction of sp³-hybridized carbons (Fsp3) is 0.765. The Morgan fingerprint density at radius 1 is 0.524 bits per heavy atom. The average Bonchev–Trinajstić information content (AvgIpc) is 3.01. The molecular weight excluding hydrogens is 688 g/mol. The third-order valence-corrected chi connectivity index (χ3v) is 11.4. The Morgan fingerprint density at radius 2 is 0.857 bits per heavy atom. The van der Waals surface area contributed by atoms with Crippen molar-refractivity contribution in [3.8, 4) is 0 Å². The highest BCUT2D eigenvalue weighted by Crippen LogP contribution is 2.28. The molecule has 0 bridgehead atoms. The van der Waals surface area contributed by atoms with E-state index < -0.39 is 0 Å². The van der Waals surface area contributed by atoms with Gasteiger partial charge in [-0.1, -0.05) is 125 Å². The number of hydrogen-bond donors (Lipinski definition) is 2. The van der Waals surface area contributed by atoms with E-state index in [9.17, 15) is 0 Å². The van der Waals surface area contributed by atoms with Crippen LogP contribution in [0.5, 0.6) is 0 Å². The fourth-order valence-electron chi connectivity index (χ4n) is 6.96. The van der Waals surface area contributed by atoms with E-state index in [-0.39, 0.29) is 34.0 Å². The van der Waals surface area contributed by atoms with Crippen molar-refractivity contribution in [1.29, 1.82) is 0 Å². The molecule has 4 nitrogen and oxygen atoms in total.